The molecular formula is C19H19N5O3. The molecule has 0 fully saturated rings. The molecule has 0 radical (unpaired) electrons. The number of hydrogen-bond acceptors (Lipinski definition) is 6. The zero-order valence-electron chi connectivity index (χ0n) is 15.5. The number of aryl methyl sites for hydroxylation is 2. The van der Waals surface area contributed by atoms with Crippen LogP contribution in [0.4, 0.5) is 0 Å². The maximum absolute atomic E-state index is 12.0. The van der Waals surface area contributed by atoms with Crippen molar-refractivity contribution in [2.75, 3.05) is 14.2 Å². The predicted octanol–water partition coefficient (Wildman–Crippen LogP) is 3.10. The van der Waals surface area contributed by atoms with Crippen LogP contribution in [0.15, 0.2) is 24.4 Å². The fraction of sp³-hybridized carbons (Fsp3) is 0.263. The number of nitrogens with one attached hydrogen (secondary N) is 1. The van der Waals surface area contributed by atoms with Gasteiger partial charge in [-0.15, -0.1) is 0 Å². The lowest BCUT2D eigenvalue weighted by Gasteiger charge is -2.05. The van der Waals surface area contributed by atoms with E-state index in [1.54, 1.807) is 25.4 Å². The molecule has 0 atom stereocenters. The van der Waals surface area contributed by atoms with Crippen LogP contribution in [0.5, 0.6) is 5.75 Å². The summed E-state index contributed by atoms with van der Waals surface area (Å²) in [4.78, 5) is 24.4. The number of aromatic amines is 1. The molecule has 1 aromatic carbocycles. The van der Waals surface area contributed by atoms with Crippen molar-refractivity contribution >= 4 is 27.9 Å². The zero-order chi connectivity index (χ0) is 19.1. The highest BCUT2D eigenvalue weighted by atomic mass is 16.5. The summed E-state index contributed by atoms with van der Waals surface area (Å²) in [5.41, 5.74) is 3.60. The van der Waals surface area contributed by atoms with Gasteiger partial charge in [-0.05, 0) is 32.0 Å². The average Bonchev–Trinajstić information content (AvgIpc) is 3.25. The number of carbonyl (C=O) groups excluding carboxylic acids is 1. The van der Waals surface area contributed by atoms with Crippen molar-refractivity contribution in [2.24, 2.45) is 0 Å². The maximum atomic E-state index is 12.0. The Morgan fingerprint density at radius 3 is 2.74 bits per heavy atom. The van der Waals surface area contributed by atoms with Gasteiger partial charge in [0.1, 0.15) is 17.1 Å². The van der Waals surface area contributed by atoms with Gasteiger partial charge in [-0.25, -0.2) is 14.8 Å². The molecule has 8 nitrogen and oxygen atoms in total. The predicted molar refractivity (Wildman–Crippen MR) is 101 cm³/mol. The monoisotopic (exact) mass is 365 g/mol. The van der Waals surface area contributed by atoms with E-state index in [9.17, 15) is 4.79 Å². The normalized spacial score (nSPS) is 11.3. The number of nitrogens with zero attached hydrogens (tertiary/aromatic N) is 4. The molecule has 1 N–H and O–H groups in total. The minimum absolute atomic E-state index is 0.409. The minimum Gasteiger partial charge on any atom is -0.495 e. The fourth-order valence-electron chi connectivity index (χ4n) is 3.24. The molecule has 27 heavy (non-hydrogen) atoms. The Morgan fingerprint density at radius 2 is 2.04 bits per heavy atom. The van der Waals surface area contributed by atoms with Crippen LogP contribution in [0.1, 0.15) is 23.0 Å². The summed E-state index contributed by atoms with van der Waals surface area (Å²) in [5, 5.41) is 6.06. The molecule has 0 aliphatic carbocycles. The first-order chi connectivity index (χ1) is 13.0. The molecule has 8 heteroatoms. The molecule has 3 aromatic heterocycles. The number of carbonyl (C=O) groups is 1. The van der Waals surface area contributed by atoms with E-state index in [1.165, 1.54) is 7.11 Å². The Labute approximate surface area is 155 Å². The number of benzene rings is 1. The number of methoxy groups -OCH3 is 2. The van der Waals surface area contributed by atoms with Gasteiger partial charge in [-0.2, -0.15) is 5.10 Å². The third-order valence-corrected chi connectivity index (χ3v) is 4.50. The van der Waals surface area contributed by atoms with Crippen molar-refractivity contribution in [1.82, 2.24) is 24.7 Å². The van der Waals surface area contributed by atoms with Crippen molar-refractivity contribution in [3.8, 4) is 17.3 Å². The van der Waals surface area contributed by atoms with Gasteiger partial charge in [0.25, 0.3) is 0 Å². The van der Waals surface area contributed by atoms with Crippen LogP contribution in [0.25, 0.3) is 33.5 Å². The van der Waals surface area contributed by atoms with Gasteiger partial charge in [-0.3, -0.25) is 4.68 Å². The summed E-state index contributed by atoms with van der Waals surface area (Å²) in [6.07, 6.45) is 1.75. The van der Waals surface area contributed by atoms with E-state index in [0.29, 0.717) is 22.8 Å². The lowest BCUT2D eigenvalue weighted by atomic mass is 10.1. The first-order valence-corrected chi connectivity index (χ1v) is 8.55. The third kappa shape index (κ3) is 2.69. The second-order valence-electron chi connectivity index (χ2n) is 6.16. The van der Waals surface area contributed by atoms with E-state index in [2.05, 4.69) is 20.1 Å². The van der Waals surface area contributed by atoms with Gasteiger partial charge in [0.05, 0.1) is 31.0 Å². The van der Waals surface area contributed by atoms with Crippen molar-refractivity contribution in [3.05, 3.63) is 35.7 Å². The van der Waals surface area contributed by atoms with Crippen LogP contribution in [-0.4, -0.2) is 44.9 Å². The molecule has 0 aliphatic heterocycles. The standard InChI is InChI=1S/C19H19N5O3/c1-5-24-14(6-10(2)23-24)18-20-9-13-12-7-11(19(25)27-4)8-15(26-3)16(12)21-17(13)22-18/h6-9H,5H2,1-4H3,(H,20,21,22). The smallest absolute Gasteiger partial charge is 0.338 e. The number of fused-ring (bicyclic) bond motifs is 3. The number of H-pyrrole nitrogens is 1. The van der Waals surface area contributed by atoms with E-state index in [4.69, 9.17) is 9.47 Å². The second-order valence-corrected chi connectivity index (χ2v) is 6.16. The topological polar surface area (TPSA) is 94.9 Å². The highest BCUT2D eigenvalue weighted by Crippen LogP contribution is 2.33. The van der Waals surface area contributed by atoms with Crippen LogP contribution in [-0.2, 0) is 11.3 Å². The Kier molecular flexibility index (Phi) is 4.02. The van der Waals surface area contributed by atoms with E-state index < -0.39 is 5.97 Å². The second kappa shape index (κ2) is 6.39. The molecule has 4 aromatic rings. The Morgan fingerprint density at radius 1 is 1.22 bits per heavy atom. The third-order valence-electron chi connectivity index (χ3n) is 4.50. The summed E-state index contributed by atoms with van der Waals surface area (Å²) in [6, 6.07) is 5.36. The van der Waals surface area contributed by atoms with Gasteiger partial charge >= 0.3 is 5.97 Å². The fourth-order valence-corrected chi connectivity index (χ4v) is 3.24. The van der Waals surface area contributed by atoms with Gasteiger partial charge in [0.15, 0.2) is 5.82 Å². The van der Waals surface area contributed by atoms with E-state index >= 15 is 0 Å². The van der Waals surface area contributed by atoms with E-state index in [0.717, 1.165) is 34.2 Å². The van der Waals surface area contributed by atoms with Gasteiger partial charge < -0.3 is 14.5 Å². The Bertz CT molecular complexity index is 1180. The lowest BCUT2D eigenvalue weighted by molar-refractivity contribution is 0.0600. The minimum atomic E-state index is -0.426. The number of aromatic nitrogens is 5. The first kappa shape index (κ1) is 17.0. The van der Waals surface area contributed by atoms with Crippen LogP contribution >= 0.6 is 0 Å². The average molecular weight is 365 g/mol. The van der Waals surface area contributed by atoms with Crippen molar-refractivity contribution in [2.45, 2.75) is 20.4 Å². The van der Waals surface area contributed by atoms with E-state index in [-0.39, 0.29) is 0 Å². The molecular weight excluding hydrogens is 346 g/mol. The summed E-state index contributed by atoms with van der Waals surface area (Å²) in [5.74, 6) is 0.704. The molecule has 138 valence electrons. The van der Waals surface area contributed by atoms with Gasteiger partial charge in [0, 0.05) is 23.5 Å². The molecule has 0 amide bonds. The molecule has 0 unspecified atom stereocenters. The molecule has 0 bridgehead atoms. The van der Waals surface area contributed by atoms with Crippen LogP contribution < -0.4 is 4.74 Å². The van der Waals surface area contributed by atoms with Gasteiger partial charge in [0.2, 0.25) is 0 Å². The summed E-state index contributed by atoms with van der Waals surface area (Å²) >= 11 is 0. The molecule has 3 heterocycles. The maximum Gasteiger partial charge on any atom is 0.338 e. The molecule has 0 saturated heterocycles. The van der Waals surface area contributed by atoms with Crippen LogP contribution in [0, 0.1) is 6.92 Å². The van der Waals surface area contributed by atoms with Crippen LogP contribution in [0.2, 0.25) is 0 Å². The van der Waals surface area contributed by atoms with E-state index in [1.807, 2.05) is 24.6 Å². The summed E-state index contributed by atoms with van der Waals surface area (Å²) < 4.78 is 12.1. The highest BCUT2D eigenvalue weighted by Gasteiger charge is 2.17. The largest absolute Gasteiger partial charge is 0.495 e. The molecule has 0 saturated carbocycles. The lowest BCUT2D eigenvalue weighted by Crippen LogP contribution is -2.01. The number of esters is 1. The van der Waals surface area contributed by atoms with Crippen molar-refractivity contribution < 1.29 is 14.3 Å². The quantitative estimate of drug-likeness (QED) is 0.559. The van der Waals surface area contributed by atoms with Crippen LogP contribution in [0.3, 0.4) is 0 Å². The van der Waals surface area contributed by atoms with Crippen molar-refractivity contribution in [1.29, 1.82) is 0 Å². The summed E-state index contributed by atoms with van der Waals surface area (Å²) in [6.45, 7) is 4.69. The van der Waals surface area contributed by atoms with Crippen molar-refractivity contribution in [3.63, 3.8) is 0 Å². The SMILES string of the molecule is CCn1nc(C)cc1-c1ncc2c(n1)[nH]c1c(OC)cc(C(=O)OC)cc12. The van der Waals surface area contributed by atoms with Gasteiger partial charge in [-0.1, -0.05) is 0 Å². The number of rotatable bonds is 4. The number of ether oxygens (including phenoxy) is 2. The molecule has 4 rings (SSSR count). The molecule has 0 aliphatic rings. The highest BCUT2D eigenvalue weighted by molar-refractivity contribution is 6.10. The number of hydrogen-bond donors (Lipinski definition) is 1. The Balaban J connectivity index is 1.95. The zero-order valence-corrected chi connectivity index (χ0v) is 15.5. The summed E-state index contributed by atoms with van der Waals surface area (Å²) in [7, 11) is 2.91. The Hall–Kier alpha value is -3.42. The first-order valence-electron chi connectivity index (χ1n) is 8.55. The molecule has 0 spiro atoms.